The Morgan fingerprint density at radius 1 is 1.23 bits per heavy atom. The third kappa shape index (κ3) is 3.38. The third-order valence-corrected chi connectivity index (χ3v) is 5.70. The van der Waals surface area contributed by atoms with Crippen molar-refractivity contribution in [3.05, 3.63) is 86.4 Å². The van der Waals surface area contributed by atoms with Crippen LogP contribution in [0, 0.1) is 32.1 Å². The van der Waals surface area contributed by atoms with Crippen LogP contribution in [0.3, 0.4) is 0 Å². The minimum atomic E-state index is -0.364. The number of benzene rings is 2. The zero-order valence-corrected chi connectivity index (χ0v) is 17.7. The van der Waals surface area contributed by atoms with Gasteiger partial charge in [-0.3, -0.25) is 5.10 Å². The van der Waals surface area contributed by atoms with E-state index in [9.17, 15) is 5.26 Å². The van der Waals surface area contributed by atoms with Crippen LogP contribution < -0.4 is 15.2 Å². The van der Waals surface area contributed by atoms with Crippen molar-refractivity contribution in [3.63, 3.8) is 0 Å². The summed E-state index contributed by atoms with van der Waals surface area (Å²) in [6.45, 7) is 6.32. The van der Waals surface area contributed by atoms with Crippen LogP contribution in [0.2, 0.25) is 5.02 Å². The molecule has 1 aliphatic rings. The largest absolute Gasteiger partial charge is 0.487 e. The van der Waals surface area contributed by atoms with Crippen LogP contribution in [0.5, 0.6) is 11.6 Å². The second-order valence-electron chi connectivity index (χ2n) is 7.35. The van der Waals surface area contributed by atoms with Crippen LogP contribution in [-0.4, -0.2) is 10.2 Å². The summed E-state index contributed by atoms with van der Waals surface area (Å²) in [5.41, 5.74) is 12.2. The lowest BCUT2D eigenvalue weighted by molar-refractivity contribution is 0.305. The minimum absolute atomic E-state index is 0.0790. The van der Waals surface area contributed by atoms with Crippen molar-refractivity contribution in [2.45, 2.75) is 33.3 Å². The fourth-order valence-electron chi connectivity index (χ4n) is 3.81. The number of nitriles is 1. The first-order chi connectivity index (χ1) is 14.4. The molecule has 0 aliphatic carbocycles. The summed E-state index contributed by atoms with van der Waals surface area (Å²) < 4.78 is 11.5. The molecule has 1 atom stereocenters. The molecule has 0 amide bonds. The van der Waals surface area contributed by atoms with Crippen LogP contribution in [0.25, 0.3) is 0 Å². The van der Waals surface area contributed by atoms with Crippen molar-refractivity contribution in [1.82, 2.24) is 10.2 Å². The molecule has 152 valence electrons. The number of aromatic nitrogens is 2. The highest BCUT2D eigenvalue weighted by Gasteiger charge is 2.35. The van der Waals surface area contributed by atoms with Crippen molar-refractivity contribution < 1.29 is 9.47 Å². The van der Waals surface area contributed by atoms with Gasteiger partial charge < -0.3 is 15.2 Å². The molecule has 3 N–H and O–H groups in total. The number of aromatic amines is 1. The minimum Gasteiger partial charge on any atom is -0.487 e. The summed E-state index contributed by atoms with van der Waals surface area (Å²) in [5, 5.41) is 17.5. The Hall–Kier alpha value is -3.43. The molecule has 0 unspecified atom stereocenters. The van der Waals surface area contributed by atoms with Crippen molar-refractivity contribution in [2.75, 3.05) is 0 Å². The first kappa shape index (κ1) is 19.9. The molecule has 3 aromatic rings. The number of para-hydroxylation sites is 1. The Morgan fingerprint density at radius 2 is 2.00 bits per heavy atom. The highest BCUT2D eigenvalue weighted by Crippen LogP contribution is 2.44. The number of allylic oxidation sites excluding steroid dienone is 1. The van der Waals surface area contributed by atoms with E-state index in [1.54, 1.807) is 6.07 Å². The van der Waals surface area contributed by atoms with Crippen molar-refractivity contribution in [2.24, 2.45) is 5.73 Å². The Kier molecular flexibility index (Phi) is 5.15. The number of nitrogens with one attached hydrogen (secondary N) is 1. The highest BCUT2D eigenvalue weighted by atomic mass is 35.5. The maximum absolute atomic E-state index is 9.81. The Balaban J connectivity index is 1.78. The number of hydrogen-bond acceptors (Lipinski definition) is 5. The fourth-order valence-corrected chi connectivity index (χ4v) is 4.00. The summed E-state index contributed by atoms with van der Waals surface area (Å²) >= 11 is 6.22. The molecule has 0 saturated heterocycles. The Bertz CT molecular complexity index is 1210. The summed E-state index contributed by atoms with van der Waals surface area (Å²) in [5.74, 6) is 0.747. The van der Waals surface area contributed by atoms with Gasteiger partial charge in [-0.05, 0) is 55.2 Å². The van der Waals surface area contributed by atoms with Gasteiger partial charge >= 0.3 is 0 Å². The molecule has 0 bridgehead atoms. The van der Waals surface area contributed by atoms with E-state index < -0.39 is 0 Å². The lowest BCUT2D eigenvalue weighted by atomic mass is 9.81. The number of aryl methyl sites for hydroxylation is 3. The van der Waals surface area contributed by atoms with E-state index in [0.29, 0.717) is 28.8 Å². The molecule has 0 spiro atoms. The van der Waals surface area contributed by atoms with E-state index in [4.69, 9.17) is 26.8 Å². The fraction of sp³-hybridized carbons (Fsp3) is 0.217. The van der Waals surface area contributed by atoms with E-state index in [2.05, 4.69) is 28.4 Å². The maximum atomic E-state index is 9.81. The monoisotopic (exact) mass is 420 g/mol. The second kappa shape index (κ2) is 7.77. The van der Waals surface area contributed by atoms with Crippen LogP contribution in [0.1, 0.15) is 39.4 Å². The van der Waals surface area contributed by atoms with Crippen LogP contribution in [0.15, 0.2) is 47.9 Å². The van der Waals surface area contributed by atoms with Gasteiger partial charge in [0, 0.05) is 11.3 Å². The number of fused-ring (bicyclic) bond motifs is 1. The Labute approximate surface area is 179 Å². The van der Waals surface area contributed by atoms with Gasteiger partial charge in [0.25, 0.3) is 0 Å². The first-order valence-corrected chi connectivity index (χ1v) is 9.88. The summed E-state index contributed by atoms with van der Waals surface area (Å²) in [6, 6.07) is 13.8. The summed E-state index contributed by atoms with van der Waals surface area (Å²) in [7, 11) is 0. The van der Waals surface area contributed by atoms with Gasteiger partial charge in [-0.2, -0.15) is 5.26 Å². The average Bonchev–Trinajstić information content (AvgIpc) is 3.08. The number of nitrogens with zero attached hydrogens (tertiary/aromatic N) is 2. The van der Waals surface area contributed by atoms with Crippen molar-refractivity contribution in [1.29, 1.82) is 5.26 Å². The maximum Gasteiger partial charge on any atom is 0.244 e. The molecule has 1 aromatic heterocycles. The lowest BCUT2D eigenvalue weighted by Gasteiger charge is -2.26. The van der Waals surface area contributed by atoms with Crippen molar-refractivity contribution >= 4 is 11.6 Å². The zero-order chi connectivity index (χ0) is 21.4. The molecular weight excluding hydrogens is 400 g/mol. The molecule has 1 aliphatic heterocycles. The molecular formula is C23H21ClN4O2. The molecule has 7 heteroatoms. The van der Waals surface area contributed by atoms with E-state index >= 15 is 0 Å². The van der Waals surface area contributed by atoms with Gasteiger partial charge in [-0.25, -0.2) is 0 Å². The molecule has 30 heavy (non-hydrogen) atoms. The van der Waals surface area contributed by atoms with Gasteiger partial charge in [0.15, 0.2) is 0 Å². The normalized spacial score (nSPS) is 15.4. The number of hydrogen-bond donors (Lipinski definition) is 2. The number of nitrogens with two attached hydrogens (primary N) is 1. The topological polar surface area (TPSA) is 97.0 Å². The predicted octanol–water partition coefficient (Wildman–Crippen LogP) is 4.79. The van der Waals surface area contributed by atoms with Gasteiger partial charge in [-0.15, -0.1) is 5.10 Å². The highest BCUT2D eigenvalue weighted by molar-refractivity contribution is 6.32. The molecule has 6 nitrogen and oxygen atoms in total. The number of H-pyrrole nitrogens is 1. The third-order valence-electron chi connectivity index (χ3n) is 5.38. The second-order valence-corrected chi connectivity index (χ2v) is 7.75. The van der Waals surface area contributed by atoms with Gasteiger partial charge in [-0.1, -0.05) is 35.9 Å². The van der Waals surface area contributed by atoms with E-state index in [-0.39, 0.29) is 11.8 Å². The standard InChI is InChI=1S/C23H21ClN4O2/c1-12-8-13(2)16(9-15(12)11-29-19-7-5-4-6-18(19)24)21-17(10-25)22(26)30-23-20(21)14(3)27-28-23/h4-9,21H,11,26H2,1-3H3,(H,27,28)/t21-/m0/s1. The quantitative estimate of drug-likeness (QED) is 0.632. The molecule has 2 heterocycles. The molecule has 0 fully saturated rings. The average molecular weight is 421 g/mol. The zero-order valence-electron chi connectivity index (χ0n) is 16.9. The van der Waals surface area contributed by atoms with Crippen LogP contribution >= 0.6 is 11.6 Å². The van der Waals surface area contributed by atoms with Gasteiger partial charge in [0.1, 0.15) is 24.0 Å². The van der Waals surface area contributed by atoms with Crippen LogP contribution in [0.4, 0.5) is 0 Å². The summed E-state index contributed by atoms with van der Waals surface area (Å²) in [4.78, 5) is 0. The van der Waals surface area contributed by atoms with E-state index in [1.165, 1.54) is 0 Å². The predicted molar refractivity (Wildman–Crippen MR) is 114 cm³/mol. The molecule has 4 rings (SSSR count). The van der Waals surface area contributed by atoms with Gasteiger partial charge in [0.2, 0.25) is 11.8 Å². The first-order valence-electron chi connectivity index (χ1n) is 9.50. The van der Waals surface area contributed by atoms with E-state index in [1.807, 2.05) is 39.0 Å². The Morgan fingerprint density at radius 3 is 2.73 bits per heavy atom. The smallest absolute Gasteiger partial charge is 0.244 e. The summed E-state index contributed by atoms with van der Waals surface area (Å²) in [6.07, 6.45) is 0. The molecule has 2 aromatic carbocycles. The van der Waals surface area contributed by atoms with Crippen molar-refractivity contribution in [3.8, 4) is 17.7 Å². The SMILES string of the molecule is Cc1cc(C)c([C@H]2C(C#N)=C(N)Oc3n[nH]c(C)c32)cc1COc1ccccc1Cl. The van der Waals surface area contributed by atoms with Crippen LogP contribution in [-0.2, 0) is 6.61 Å². The molecule has 0 radical (unpaired) electrons. The van der Waals surface area contributed by atoms with E-state index in [0.717, 1.165) is 33.5 Å². The number of ether oxygens (including phenoxy) is 2. The number of halogens is 1. The van der Waals surface area contributed by atoms with Gasteiger partial charge in [0.05, 0.1) is 10.9 Å². The number of rotatable bonds is 4. The molecule has 0 saturated carbocycles. The lowest BCUT2D eigenvalue weighted by Crippen LogP contribution is -2.21.